The van der Waals surface area contributed by atoms with Crippen molar-refractivity contribution in [2.24, 2.45) is 5.92 Å². The number of nitrogens with one attached hydrogen (secondary N) is 4. The molecule has 0 bridgehead atoms. The monoisotopic (exact) mass is 398 g/mol. The fourth-order valence-corrected chi connectivity index (χ4v) is 2.29. The Bertz CT molecular complexity index is 679. The maximum Gasteiger partial charge on any atom is 0.243 e. The van der Waals surface area contributed by atoms with Crippen LogP contribution in [0.25, 0.3) is 0 Å². The minimum atomic E-state index is -0.847. The highest BCUT2D eigenvalue weighted by atomic mass is 16.2. The van der Waals surface area contributed by atoms with Crippen molar-refractivity contribution < 1.29 is 24.9 Å². The topological polar surface area (TPSA) is 116 Å². The second kappa shape index (κ2) is 12.6. The molecule has 0 saturated carbocycles. The van der Waals surface area contributed by atoms with E-state index >= 15 is 0 Å². The van der Waals surface area contributed by atoms with Crippen molar-refractivity contribution in [2.75, 3.05) is 26.2 Å². The molecule has 0 aliphatic rings. The number of likely N-dealkylation sites (N-methyl/N-ethyl adjacent to an activating group) is 1. The lowest BCUT2D eigenvalue weighted by Gasteiger charge is -2.19. The molecule has 3 amide bonds. The van der Waals surface area contributed by atoms with E-state index in [-0.39, 0.29) is 49.4 Å². The first-order chi connectivity index (χ1) is 13.3. The second-order valence-electron chi connectivity index (χ2n) is 6.71. The molecule has 0 spiro atoms. The van der Waals surface area contributed by atoms with Crippen molar-refractivity contribution in [1.82, 2.24) is 21.3 Å². The van der Waals surface area contributed by atoms with Gasteiger partial charge in [0.25, 0.3) is 0 Å². The van der Waals surface area contributed by atoms with Gasteiger partial charge in [0.1, 0.15) is 6.04 Å². The lowest BCUT2D eigenvalue weighted by Crippen LogP contribution is -2.51. The van der Waals surface area contributed by atoms with Crippen LogP contribution in [-0.4, -0.2) is 55.7 Å². The predicted molar refractivity (Wildman–Crippen MR) is 115 cm³/mol. The summed E-state index contributed by atoms with van der Waals surface area (Å²) in [5.41, 5.74) is 0.870. The summed E-state index contributed by atoms with van der Waals surface area (Å²) in [6, 6.07) is 8.40. The number of benzene rings is 1. The molecule has 1 aromatic carbocycles. The molecule has 4 N–H and O–H groups in total. The highest BCUT2D eigenvalue weighted by Crippen LogP contribution is 2.04. The number of Topliss-reactive ketones (excluding diaryl/α,β-unsaturated/α-hetero) is 1. The van der Waals surface area contributed by atoms with E-state index in [1.807, 2.05) is 37.3 Å². The van der Waals surface area contributed by atoms with Gasteiger partial charge in [0, 0.05) is 18.0 Å². The number of hydrogen-bond donors (Lipinski definition) is 4. The Morgan fingerprint density at radius 2 is 1.61 bits per heavy atom. The van der Waals surface area contributed by atoms with Gasteiger partial charge in [-0.1, -0.05) is 51.1 Å². The Morgan fingerprint density at radius 3 is 2.21 bits per heavy atom. The standard InChI is InChI=1S/C20H30N4O4.4H2/c1-4-21-12-18(26)22-13-19(27)24-16(10-15-8-6-5-7-9-15)20(28)23-11-17(25)14(2)3;;;;/h5-9,14,16,21H,4,10-13H2,1-3H3,(H,22,26)(H,23,28)(H,24,27);4*1H. The molecule has 1 aromatic rings. The average Bonchev–Trinajstić information content (AvgIpc) is 2.68. The molecule has 0 fully saturated rings. The van der Waals surface area contributed by atoms with Crippen LogP contribution in [0.1, 0.15) is 32.0 Å². The van der Waals surface area contributed by atoms with Crippen LogP contribution in [0.3, 0.4) is 0 Å². The molecular weight excluding hydrogens is 360 g/mol. The third-order valence-electron chi connectivity index (χ3n) is 4.00. The summed E-state index contributed by atoms with van der Waals surface area (Å²) in [6.07, 6.45) is 0.277. The highest BCUT2D eigenvalue weighted by Gasteiger charge is 2.22. The molecule has 0 radical (unpaired) electrons. The first-order valence-corrected chi connectivity index (χ1v) is 9.44. The molecule has 8 nitrogen and oxygen atoms in total. The zero-order valence-electron chi connectivity index (χ0n) is 16.7. The fourth-order valence-electron chi connectivity index (χ4n) is 2.29. The van der Waals surface area contributed by atoms with Gasteiger partial charge < -0.3 is 21.3 Å². The van der Waals surface area contributed by atoms with E-state index in [1.165, 1.54) is 0 Å². The van der Waals surface area contributed by atoms with Crippen LogP contribution in [-0.2, 0) is 25.6 Å². The third kappa shape index (κ3) is 9.27. The second-order valence-corrected chi connectivity index (χ2v) is 6.71. The quantitative estimate of drug-likeness (QED) is 0.415. The van der Waals surface area contributed by atoms with Crippen LogP contribution in [0, 0.1) is 5.92 Å². The Kier molecular flexibility index (Phi) is 10.5. The number of amides is 3. The van der Waals surface area contributed by atoms with E-state index < -0.39 is 17.9 Å². The molecular formula is C20H38N4O4. The van der Waals surface area contributed by atoms with E-state index in [4.69, 9.17) is 0 Å². The molecule has 0 heterocycles. The number of hydrogen-bond acceptors (Lipinski definition) is 5. The summed E-state index contributed by atoms with van der Waals surface area (Å²) in [4.78, 5) is 48.0. The van der Waals surface area contributed by atoms with Crippen LogP contribution in [0.2, 0.25) is 0 Å². The summed E-state index contributed by atoms with van der Waals surface area (Å²) in [5, 5.41) is 10.6. The van der Waals surface area contributed by atoms with Crippen LogP contribution in [0.5, 0.6) is 0 Å². The van der Waals surface area contributed by atoms with Gasteiger partial charge in [0.05, 0.1) is 19.6 Å². The van der Waals surface area contributed by atoms with Crippen molar-refractivity contribution in [3.63, 3.8) is 0 Å². The molecule has 1 rings (SSSR count). The van der Waals surface area contributed by atoms with Gasteiger partial charge >= 0.3 is 0 Å². The van der Waals surface area contributed by atoms with E-state index in [1.54, 1.807) is 13.8 Å². The maximum absolute atomic E-state index is 12.5. The zero-order valence-corrected chi connectivity index (χ0v) is 16.7. The van der Waals surface area contributed by atoms with Crippen LogP contribution in [0.15, 0.2) is 30.3 Å². The predicted octanol–water partition coefficient (Wildman–Crippen LogP) is 0.765. The van der Waals surface area contributed by atoms with E-state index in [0.29, 0.717) is 6.54 Å². The van der Waals surface area contributed by atoms with Crippen molar-refractivity contribution in [3.8, 4) is 0 Å². The Labute approximate surface area is 171 Å². The largest absolute Gasteiger partial charge is 0.347 e. The SMILES string of the molecule is CCNCC(=O)NCC(=O)NC(Cc1ccccc1)C(=O)NCC(=O)C(C)C.[HH].[HH].[HH].[HH]. The van der Waals surface area contributed by atoms with Gasteiger partial charge in [-0.2, -0.15) is 0 Å². The lowest BCUT2D eigenvalue weighted by molar-refractivity contribution is -0.130. The van der Waals surface area contributed by atoms with E-state index in [0.717, 1.165) is 5.56 Å². The van der Waals surface area contributed by atoms with Gasteiger partial charge in [-0.15, -0.1) is 0 Å². The summed E-state index contributed by atoms with van der Waals surface area (Å²) in [7, 11) is 0. The lowest BCUT2D eigenvalue weighted by atomic mass is 10.0. The van der Waals surface area contributed by atoms with E-state index in [2.05, 4.69) is 21.3 Å². The van der Waals surface area contributed by atoms with Gasteiger partial charge in [-0.3, -0.25) is 19.2 Å². The Hall–Kier alpha value is -2.74. The smallest absolute Gasteiger partial charge is 0.243 e. The molecule has 0 aliphatic carbocycles. The number of carbonyl (C=O) groups excluding carboxylic acids is 4. The molecule has 162 valence electrons. The normalized spacial score (nSPS) is 11.6. The molecule has 0 saturated heterocycles. The summed E-state index contributed by atoms with van der Waals surface area (Å²) in [5.74, 6) is -1.49. The van der Waals surface area contributed by atoms with Crippen molar-refractivity contribution >= 4 is 23.5 Å². The minimum Gasteiger partial charge on any atom is -0.347 e. The van der Waals surface area contributed by atoms with Gasteiger partial charge in [0.15, 0.2) is 5.78 Å². The third-order valence-corrected chi connectivity index (χ3v) is 4.00. The zero-order chi connectivity index (χ0) is 20.9. The molecule has 0 aliphatic heterocycles. The summed E-state index contributed by atoms with van der Waals surface area (Å²) in [6.45, 7) is 5.84. The van der Waals surface area contributed by atoms with Crippen molar-refractivity contribution in [1.29, 1.82) is 0 Å². The van der Waals surface area contributed by atoms with Crippen molar-refractivity contribution in [3.05, 3.63) is 35.9 Å². The Balaban J connectivity index is -0.000000980. The van der Waals surface area contributed by atoms with Crippen LogP contribution >= 0.6 is 0 Å². The van der Waals surface area contributed by atoms with Crippen LogP contribution in [0.4, 0.5) is 0 Å². The number of ketones is 1. The number of rotatable bonds is 12. The van der Waals surface area contributed by atoms with Gasteiger partial charge in [-0.25, -0.2) is 0 Å². The minimum absolute atomic E-state index is 0. The van der Waals surface area contributed by atoms with Crippen molar-refractivity contribution in [2.45, 2.75) is 33.2 Å². The summed E-state index contributed by atoms with van der Waals surface area (Å²) >= 11 is 0. The first kappa shape index (κ1) is 23.3. The number of carbonyl (C=O) groups is 4. The fraction of sp³-hybridized carbons (Fsp3) is 0.500. The molecule has 8 heteroatoms. The van der Waals surface area contributed by atoms with E-state index in [9.17, 15) is 19.2 Å². The first-order valence-electron chi connectivity index (χ1n) is 9.44. The molecule has 1 atom stereocenters. The average molecular weight is 399 g/mol. The molecule has 0 aromatic heterocycles. The maximum atomic E-state index is 12.5. The molecule has 28 heavy (non-hydrogen) atoms. The highest BCUT2D eigenvalue weighted by molar-refractivity contribution is 5.93. The van der Waals surface area contributed by atoms with Gasteiger partial charge in [0.2, 0.25) is 17.7 Å². The van der Waals surface area contributed by atoms with Crippen LogP contribution < -0.4 is 21.3 Å². The molecule has 1 unspecified atom stereocenters. The Morgan fingerprint density at radius 1 is 0.929 bits per heavy atom. The van der Waals surface area contributed by atoms with Gasteiger partial charge in [-0.05, 0) is 12.1 Å². The summed E-state index contributed by atoms with van der Waals surface area (Å²) < 4.78 is 0.